The largest absolute Gasteiger partial charge is 0.0715 e. The average Bonchev–Trinajstić information content (AvgIpc) is 0.811. The summed E-state index contributed by atoms with van der Waals surface area (Å²) in [5, 5.41) is 0. The molecule has 0 N–H and O–H groups in total. The predicted molar refractivity (Wildman–Crippen MR) is 23.3 cm³/mol. The van der Waals surface area contributed by atoms with Crippen LogP contribution < -0.4 is 0 Å². The predicted octanol–water partition coefficient (Wildman–Crippen LogP) is 1.37. The summed E-state index contributed by atoms with van der Waals surface area (Å²) in [6.07, 6.45) is 0. The molecule has 0 aromatic rings. The summed E-state index contributed by atoms with van der Waals surface area (Å²) in [7, 11) is 0.120. The van der Waals surface area contributed by atoms with E-state index in [0.29, 0.717) is 0 Å². The van der Waals surface area contributed by atoms with Crippen molar-refractivity contribution in [2.75, 3.05) is 0 Å². The van der Waals surface area contributed by atoms with E-state index in [2.05, 4.69) is 19.6 Å². The van der Waals surface area contributed by atoms with Crippen molar-refractivity contribution < 1.29 is 19.5 Å². The first-order valence-electron chi connectivity index (χ1n) is 1.50. The van der Waals surface area contributed by atoms with Crippen LogP contribution in [0.25, 0.3) is 0 Å². The van der Waals surface area contributed by atoms with Gasteiger partial charge in [-0.1, -0.05) is 19.6 Å². The van der Waals surface area contributed by atoms with Crippen LogP contribution in [0.2, 0.25) is 19.6 Å². The molecule has 0 bridgehead atoms. The minimum atomic E-state index is 0. The van der Waals surface area contributed by atoms with Crippen molar-refractivity contribution in [3.05, 3.63) is 0 Å². The van der Waals surface area contributed by atoms with Gasteiger partial charge in [0.15, 0.2) is 0 Å². The standard InChI is InChI=1S/C3H9Si.Zn/c1-4(2)3;/h1-3H3;. The molecule has 0 aliphatic heterocycles. The Bertz CT molecular complexity index is 11.6. The molecule has 1 radical (unpaired) electrons. The summed E-state index contributed by atoms with van der Waals surface area (Å²) in [5.41, 5.74) is 0. The molecular weight excluding hydrogens is 130 g/mol. The first kappa shape index (κ1) is 9.28. The third kappa shape index (κ3) is 55.3. The van der Waals surface area contributed by atoms with Gasteiger partial charge in [-0.05, 0) is 0 Å². The molecule has 0 amide bonds. The van der Waals surface area contributed by atoms with Gasteiger partial charge in [-0.2, -0.15) is 0 Å². The molecule has 0 aliphatic carbocycles. The minimum Gasteiger partial charge on any atom is -0.0715 e. The van der Waals surface area contributed by atoms with Gasteiger partial charge in [0.1, 0.15) is 0 Å². The van der Waals surface area contributed by atoms with Gasteiger partial charge in [0.25, 0.3) is 0 Å². The van der Waals surface area contributed by atoms with Crippen LogP contribution in [0.4, 0.5) is 0 Å². The van der Waals surface area contributed by atoms with E-state index in [4.69, 9.17) is 0 Å². The summed E-state index contributed by atoms with van der Waals surface area (Å²) < 4.78 is 0. The Hall–Kier alpha value is 0.840. The second kappa shape index (κ2) is 4.84. The average molecular weight is 139 g/mol. The molecule has 0 heterocycles. The monoisotopic (exact) mass is 137 g/mol. The van der Waals surface area contributed by atoms with Gasteiger partial charge in [0.2, 0.25) is 0 Å². The molecule has 0 spiro atoms. The third-order valence-electron chi connectivity index (χ3n) is 0. The van der Waals surface area contributed by atoms with Gasteiger partial charge in [0, 0.05) is 28.3 Å². The van der Waals surface area contributed by atoms with E-state index in [1.807, 2.05) is 0 Å². The van der Waals surface area contributed by atoms with Crippen LogP contribution in [-0.4, -0.2) is 8.80 Å². The van der Waals surface area contributed by atoms with E-state index in [1.54, 1.807) is 0 Å². The fourth-order valence-electron chi connectivity index (χ4n) is 0. The summed E-state index contributed by atoms with van der Waals surface area (Å²) in [6, 6.07) is 0. The molecule has 5 heavy (non-hydrogen) atoms. The zero-order valence-electron chi connectivity index (χ0n) is 4.21. The molecule has 0 saturated heterocycles. The second-order valence-electron chi connectivity index (χ2n) is 1.50. The molecule has 27 valence electrons. The van der Waals surface area contributed by atoms with Gasteiger partial charge in [-0.15, -0.1) is 0 Å². The van der Waals surface area contributed by atoms with Crippen LogP contribution in [0.5, 0.6) is 0 Å². The molecule has 0 aromatic carbocycles. The Balaban J connectivity index is 0. The summed E-state index contributed by atoms with van der Waals surface area (Å²) in [4.78, 5) is 0. The zero-order chi connectivity index (χ0) is 3.58. The quantitative estimate of drug-likeness (QED) is 0.444. The SMILES string of the molecule is C[Si](C)C.[Zn]. The second-order valence-corrected chi connectivity index (χ2v) is 4.50. The number of hydrogen-bond acceptors (Lipinski definition) is 0. The Morgan fingerprint density at radius 3 is 1.00 bits per heavy atom. The van der Waals surface area contributed by atoms with Crippen molar-refractivity contribution in [3.8, 4) is 0 Å². The van der Waals surface area contributed by atoms with Crippen molar-refractivity contribution >= 4 is 8.80 Å². The summed E-state index contributed by atoms with van der Waals surface area (Å²) in [6.45, 7) is 6.81. The Labute approximate surface area is 48.3 Å². The first-order valence-corrected chi connectivity index (χ1v) is 4.50. The van der Waals surface area contributed by atoms with E-state index in [0.717, 1.165) is 0 Å². The number of hydrogen-bond donors (Lipinski definition) is 0. The molecular formula is C3H9SiZn. The molecule has 0 atom stereocenters. The van der Waals surface area contributed by atoms with E-state index in [-0.39, 0.29) is 28.3 Å². The van der Waals surface area contributed by atoms with Crippen LogP contribution in [-0.2, 0) is 19.5 Å². The van der Waals surface area contributed by atoms with E-state index in [9.17, 15) is 0 Å². The topological polar surface area (TPSA) is 0 Å². The van der Waals surface area contributed by atoms with Crippen LogP contribution >= 0.6 is 0 Å². The van der Waals surface area contributed by atoms with E-state index in [1.165, 1.54) is 0 Å². The fourth-order valence-corrected chi connectivity index (χ4v) is 0. The molecule has 0 fully saturated rings. The molecule has 0 rings (SSSR count). The maximum absolute atomic E-state index is 2.27. The summed E-state index contributed by atoms with van der Waals surface area (Å²) >= 11 is 0. The van der Waals surface area contributed by atoms with Crippen molar-refractivity contribution in [3.63, 3.8) is 0 Å². The van der Waals surface area contributed by atoms with Crippen LogP contribution in [0.1, 0.15) is 0 Å². The number of rotatable bonds is 0. The first-order chi connectivity index (χ1) is 1.73. The molecule has 0 unspecified atom stereocenters. The van der Waals surface area contributed by atoms with Gasteiger partial charge >= 0.3 is 0 Å². The maximum Gasteiger partial charge on any atom is 0.0379 e. The molecule has 0 aliphatic rings. The fraction of sp³-hybridized carbons (Fsp3) is 1.00. The van der Waals surface area contributed by atoms with Crippen LogP contribution in [0.3, 0.4) is 0 Å². The molecule has 0 aromatic heterocycles. The van der Waals surface area contributed by atoms with Gasteiger partial charge in [0.05, 0.1) is 0 Å². The van der Waals surface area contributed by atoms with Crippen molar-refractivity contribution in [2.24, 2.45) is 0 Å². The summed E-state index contributed by atoms with van der Waals surface area (Å²) in [5.74, 6) is 0. The third-order valence-corrected chi connectivity index (χ3v) is 0. The van der Waals surface area contributed by atoms with Crippen LogP contribution in [0.15, 0.2) is 0 Å². The van der Waals surface area contributed by atoms with Crippen molar-refractivity contribution in [1.29, 1.82) is 0 Å². The smallest absolute Gasteiger partial charge is 0.0379 e. The Morgan fingerprint density at radius 2 is 1.00 bits per heavy atom. The van der Waals surface area contributed by atoms with Gasteiger partial charge < -0.3 is 0 Å². The zero-order valence-corrected chi connectivity index (χ0v) is 8.17. The van der Waals surface area contributed by atoms with Gasteiger partial charge in [-0.25, -0.2) is 0 Å². The van der Waals surface area contributed by atoms with E-state index < -0.39 is 0 Å². The molecule has 2 heteroatoms. The minimum absolute atomic E-state index is 0. The van der Waals surface area contributed by atoms with E-state index >= 15 is 0 Å². The molecule has 0 saturated carbocycles. The Kier molecular flexibility index (Phi) is 8.98. The normalized spacial score (nSPS) is 7.20. The van der Waals surface area contributed by atoms with Crippen LogP contribution in [0, 0.1) is 0 Å². The van der Waals surface area contributed by atoms with Crippen molar-refractivity contribution in [2.45, 2.75) is 19.6 Å². The van der Waals surface area contributed by atoms with Crippen molar-refractivity contribution in [1.82, 2.24) is 0 Å². The Morgan fingerprint density at radius 1 is 1.00 bits per heavy atom. The maximum atomic E-state index is 2.27. The molecule has 0 nitrogen and oxygen atoms in total. The van der Waals surface area contributed by atoms with Gasteiger partial charge in [-0.3, -0.25) is 0 Å².